The molecule has 4 rings (SSSR count). The van der Waals surface area contributed by atoms with Crippen LogP contribution in [0.1, 0.15) is 12.8 Å². The van der Waals surface area contributed by atoms with Crippen molar-refractivity contribution in [3.63, 3.8) is 0 Å². The highest BCUT2D eigenvalue weighted by Gasteiger charge is 2.21. The zero-order chi connectivity index (χ0) is 15.6. The number of anilines is 3. The average molecular weight is 327 g/mol. The summed E-state index contributed by atoms with van der Waals surface area (Å²) in [5, 5.41) is 14.4. The molecule has 1 saturated heterocycles. The highest BCUT2D eigenvalue weighted by atomic mass is 32.1. The molecule has 0 aromatic carbocycles. The first-order valence-corrected chi connectivity index (χ1v) is 8.47. The molecule has 4 heterocycles. The number of nitrogens with one attached hydrogen (secondary N) is 1. The van der Waals surface area contributed by atoms with E-state index in [2.05, 4.69) is 30.4 Å². The van der Waals surface area contributed by atoms with Crippen LogP contribution >= 0.6 is 11.3 Å². The summed E-state index contributed by atoms with van der Waals surface area (Å²) in [5.74, 6) is 2.09. The van der Waals surface area contributed by atoms with Gasteiger partial charge in [0.25, 0.3) is 0 Å². The summed E-state index contributed by atoms with van der Waals surface area (Å²) in [7, 11) is 0. The number of rotatable bonds is 3. The van der Waals surface area contributed by atoms with Crippen LogP contribution in [0.3, 0.4) is 0 Å². The number of thiophene rings is 1. The normalized spacial score (nSPS) is 15.9. The molecule has 0 bridgehead atoms. The Balaban J connectivity index is 1.42. The number of hydrogen-bond donors (Lipinski definition) is 2. The maximum absolute atomic E-state index is 6.00. The molecular formula is C15H17N7S. The van der Waals surface area contributed by atoms with Gasteiger partial charge in [0, 0.05) is 25.3 Å². The Hall–Kier alpha value is -2.48. The van der Waals surface area contributed by atoms with Crippen LogP contribution < -0.4 is 16.0 Å². The number of nitrogen functional groups attached to an aromatic ring is 1. The lowest BCUT2D eigenvalue weighted by Crippen LogP contribution is -2.39. The van der Waals surface area contributed by atoms with E-state index < -0.39 is 0 Å². The molecule has 23 heavy (non-hydrogen) atoms. The third-order valence-corrected chi connectivity index (χ3v) is 4.87. The number of fused-ring (bicyclic) bond motifs is 1. The van der Waals surface area contributed by atoms with Crippen LogP contribution in [-0.4, -0.2) is 39.3 Å². The third-order valence-electron chi connectivity index (χ3n) is 4.06. The van der Waals surface area contributed by atoms with Crippen LogP contribution in [-0.2, 0) is 0 Å². The summed E-state index contributed by atoms with van der Waals surface area (Å²) in [6.07, 6.45) is 3.70. The molecule has 0 saturated carbocycles. The van der Waals surface area contributed by atoms with Gasteiger partial charge in [0.1, 0.15) is 10.6 Å². The van der Waals surface area contributed by atoms with Crippen LogP contribution in [0.2, 0.25) is 0 Å². The van der Waals surface area contributed by atoms with Crippen molar-refractivity contribution in [2.45, 2.75) is 18.9 Å². The molecule has 0 aliphatic carbocycles. The largest absolute Gasteiger partial charge is 0.383 e. The molecule has 3 N–H and O–H groups in total. The van der Waals surface area contributed by atoms with Crippen molar-refractivity contribution in [1.82, 2.24) is 20.2 Å². The Morgan fingerprint density at radius 2 is 2.09 bits per heavy atom. The van der Waals surface area contributed by atoms with E-state index >= 15 is 0 Å². The van der Waals surface area contributed by atoms with E-state index in [1.807, 2.05) is 23.6 Å². The Morgan fingerprint density at radius 3 is 2.87 bits per heavy atom. The topological polar surface area (TPSA) is 92.8 Å². The predicted octanol–water partition coefficient (Wildman–Crippen LogP) is 2.14. The number of nitrogens with two attached hydrogens (primary N) is 1. The van der Waals surface area contributed by atoms with Gasteiger partial charge < -0.3 is 16.0 Å². The van der Waals surface area contributed by atoms with Crippen LogP contribution in [0.25, 0.3) is 10.2 Å². The van der Waals surface area contributed by atoms with Crippen molar-refractivity contribution in [2.24, 2.45) is 0 Å². The van der Waals surface area contributed by atoms with E-state index in [1.54, 1.807) is 17.5 Å². The van der Waals surface area contributed by atoms with Gasteiger partial charge in [0.2, 0.25) is 5.95 Å². The standard InChI is InChI=1S/C15H17N7S/c16-13-11-5-9-23-14(11)20-15(19-13)18-10-3-7-22(8-4-10)12-2-1-6-17-21-12/h1-2,5-6,9-10H,3-4,7-8H2,(H3,16,18,19,20). The van der Waals surface area contributed by atoms with E-state index in [9.17, 15) is 0 Å². The van der Waals surface area contributed by atoms with E-state index in [4.69, 9.17) is 5.73 Å². The fraction of sp³-hybridized carbons (Fsp3) is 0.333. The van der Waals surface area contributed by atoms with E-state index in [0.29, 0.717) is 17.8 Å². The van der Waals surface area contributed by atoms with Gasteiger partial charge in [0.15, 0.2) is 5.82 Å². The SMILES string of the molecule is Nc1nc(NC2CCN(c3cccnn3)CC2)nc2sccc12. The zero-order valence-corrected chi connectivity index (χ0v) is 13.3. The lowest BCUT2D eigenvalue weighted by Gasteiger charge is -2.32. The predicted molar refractivity (Wildman–Crippen MR) is 92.7 cm³/mol. The van der Waals surface area contributed by atoms with Gasteiger partial charge in [0.05, 0.1) is 5.39 Å². The van der Waals surface area contributed by atoms with Crippen molar-refractivity contribution < 1.29 is 0 Å². The van der Waals surface area contributed by atoms with Gasteiger partial charge in [-0.05, 0) is 36.4 Å². The number of aromatic nitrogens is 4. The first-order valence-electron chi connectivity index (χ1n) is 7.59. The lowest BCUT2D eigenvalue weighted by molar-refractivity contribution is 0.520. The molecule has 0 atom stereocenters. The van der Waals surface area contributed by atoms with Crippen LogP contribution in [0.4, 0.5) is 17.6 Å². The van der Waals surface area contributed by atoms with Crippen molar-refractivity contribution in [3.05, 3.63) is 29.8 Å². The van der Waals surface area contributed by atoms with Gasteiger partial charge in [-0.3, -0.25) is 0 Å². The molecule has 0 amide bonds. The molecule has 3 aromatic heterocycles. The molecule has 8 heteroatoms. The molecule has 0 spiro atoms. The monoisotopic (exact) mass is 327 g/mol. The van der Waals surface area contributed by atoms with Gasteiger partial charge >= 0.3 is 0 Å². The minimum atomic E-state index is 0.347. The number of nitrogens with zero attached hydrogens (tertiary/aromatic N) is 5. The van der Waals surface area contributed by atoms with Crippen LogP contribution in [0.15, 0.2) is 29.8 Å². The highest BCUT2D eigenvalue weighted by Crippen LogP contribution is 2.25. The Kier molecular flexibility index (Phi) is 3.66. The quantitative estimate of drug-likeness (QED) is 0.761. The average Bonchev–Trinajstić information content (AvgIpc) is 3.05. The second-order valence-corrected chi connectivity index (χ2v) is 6.45. The molecule has 1 fully saturated rings. The van der Waals surface area contributed by atoms with E-state index in [-0.39, 0.29) is 0 Å². The van der Waals surface area contributed by atoms with Crippen molar-refractivity contribution >= 4 is 39.1 Å². The third kappa shape index (κ3) is 2.89. The summed E-state index contributed by atoms with van der Waals surface area (Å²) >= 11 is 1.58. The fourth-order valence-corrected chi connectivity index (χ4v) is 3.61. The van der Waals surface area contributed by atoms with Gasteiger partial charge in [-0.2, -0.15) is 10.1 Å². The first kappa shape index (κ1) is 14.1. The lowest BCUT2D eigenvalue weighted by atomic mass is 10.1. The molecule has 0 radical (unpaired) electrons. The van der Waals surface area contributed by atoms with E-state index in [1.165, 1.54) is 0 Å². The molecule has 1 aliphatic heterocycles. The summed E-state index contributed by atoms with van der Waals surface area (Å²) in [4.78, 5) is 12.1. The summed E-state index contributed by atoms with van der Waals surface area (Å²) in [6.45, 7) is 1.88. The minimum Gasteiger partial charge on any atom is -0.383 e. The molecule has 7 nitrogen and oxygen atoms in total. The number of hydrogen-bond acceptors (Lipinski definition) is 8. The van der Waals surface area contributed by atoms with Gasteiger partial charge in [-0.25, -0.2) is 4.98 Å². The summed E-state index contributed by atoms with van der Waals surface area (Å²) < 4.78 is 0. The zero-order valence-electron chi connectivity index (χ0n) is 12.5. The minimum absolute atomic E-state index is 0.347. The smallest absolute Gasteiger partial charge is 0.226 e. The highest BCUT2D eigenvalue weighted by molar-refractivity contribution is 7.16. The second kappa shape index (κ2) is 5.96. The Morgan fingerprint density at radius 1 is 1.22 bits per heavy atom. The molecule has 1 aliphatic rings. The Bertz CT molecular complexity index is 796. The van der Waals surface area contributed by atoms with Gasteiger partial charge in [-0.1, -0.05) is 0 Å². The van der Waals surface area contributed by atoms with E-state index in [0.717, 1.165) is 42.0 Å². The number of piperidine rings is 1. The first-order chi connectivity index (χ1) is 11.3. The van der Waals surface area contributed by atoms with Crippen LogP contribution in [0, 0.1) is 0 Å². The molecule has 0 unspecified atom stereocenters. The maximum atomic E-state index is 6.00. The summed E-state index contributed by atoms with van der Waals surface area (Å²) in [5.41, 5.74) is 6.00. The van der Waals surface area contributed by atoms with Crippen molar-refractivity contribution in [1.29, 1.82) is 0 Å². The Labute approximate surface area is 137 Å². The molecule has 3 aromatic rings. The van der Waals surface area contributed by atoms with Crippen molar-refractivity contribution in [2.75, 3.05) is 29.0 Å². The van der Waals surface area contributed by atoms with Gasteiger partial charge in [-0.15, -0.1) is 16.4 Å². The van der Waals surface area contributed by atoms with Crippen molar-refractivity contribution in [3.8, 4) is 0 Å². The van der Waals surface area contributed by atoms with Crippen LogP contribution in [0.5, 0.6) is 0 Å². The fourth-order valence-electron chi connectivity index (χ4n) is 2.84. The molecular weight excluding hydrogens is 310 g/mol. The second-order valence-electron chi connectivity index (χ2n) is 5.56. The summed E-state index contributed by atoms with van der Waals surface area (Å²) in [6, 6.07) is 6.22. The molecule has 118 valence electrons. The maximum Gasteiger partial charge on any atom is 0.226 e.